The lowest BCUT2D eigenvalue weighted by atomic mass is 10.2. The van der Waals surface area contributed by atoms with Crippen molar-refractivity contribution in [1.29, 1.82) is 0 Å². The third-order valence-electron chi connectivity index (χ3n) is 3.10. The van der Waals surface area contributed by atoms with E-state index in [1.165, 1.54) is 0 Å². The zero-order valence-corrected chi connectivity index (χ0v) is 11.0. The first kappa shape index (κ1) is 10.9. The zero-order valence-electron chi connectivity index (χ0n) is 9.40. The molecular formula is C12H12BrN3O. The highest BCUT2D eigenvalue weighted by Crippen LogP contribution is 2.18. The Labute approximate surface area is 107 Å². The van der Waals surface area contributed by atoms with Gasteiger partial charge in [-0.3, -0.25) is 9.36 Å². The monoisotopic (exact) mass is 293 g/mol. The average molecular weight is 294 g/mol. The van der Waals surface area contributed by atoms with Gasteiger partial charge in [0.05, 0.1) is 17.4 Å². The molecule has 4 nitrogen and oxygen atoms in total. The average Bonchev–Trinajstić information content (AvgIpc) is 2.28. The highest BCUT2D eigenvalue weighted by molar-refractivity contribution is 9.10. The van der Waals surface area contributed by atoms with Gasteiger partial charge in [0, 0.05) is 17.1 Å². The molecule has 2 aromatic rings. The van der Waals surface area contributed by atoms with Gasteiger partial charge in [-0.25, -0.2) is 4.98 Å². The van der Waals surface area contributed by atoms with Gasteiger partial charge in [-0.15, -0.1) is 0 Å². The summed E-state index contributed by atoms with van der Waals surface area (Å²) in [6.07, 6.45) is 0. The third kappa shape index (κ3) is 1.70. The minimum atomic E-state index is 0.0616. The van der Waals surface area contributed by atoms with E-state index in [2.05, 4.69) is 26.2 Å². The van der Waals surface area contributed by atoms with Crippen LogP contribution >= 0.6 is 15.9 Å². The third-order valence-corrected chi connectivity index (χ3v) is 3.59. The van der Waals surface area contributed by atoms with Gasteiger partial charge in [-0.2, -0.15) is 0 Å². The molecule has 5 heteroatoms. The standard InChI is InChI=1S/C12H12BrN3O/c1-7-5-14-6-11-15-10-4-8(13)2-3-9(10)12(17)16(7)11/h2-4,7,14H,5-6H2,1H3. The smallest absolute Gasteiger partial charge is 0.261 e. The molecule has 2 heterocycles. The van der Waals surface area contributed by atoms with E-state index in [0.29, 0.717) is 11.9 Å². The van der Waals surface area contributed by atoms with E-state index in [0.717, 1.165) is 22.4 Å². The molecule has 1 aliphatic heterocycles. The van der Waals surface area contributed by atoms with E-state index >= 15 is 0 Å². The first-order valence-electron chi connectivity index (χ1n) is 5.58. The lowest BCUT2D eigenvalue weighted by Crippen LogP contribution is -2.39. The molecule has 0 fully saturated rings. The summed E-state index contributed by atoms with van der Waals surface area (Å²) in [5.74, 6) is 0.819. The Balaban J connectivity index is 2.39. The van der Waals surface area contributed by atoms with Crippen LogP contribution in [-0.4, -0.2) is 16.1 Å². The number of hydrogen-bond acceptors (Lipinski definition) is 3. The van der Waals surface area contributed by atoms with Gasteiger partial charge in [0.1, 0.15) is 5.82 Å². The summed E-state index contributed by atoms with van der Waals surface area (Å²) in [7, 11) is 0. The molecule has 3 rings (SSSR count). The predicted molar refractivity (Wildman–Crippen MR) is 70.1 cm³/mol. The van der Waals surface area contributed by atoms with Crippen molar-refractivity contribution in [3.8, 4) is 0 Å². The molecule has 0 bridgehead atoms. The van der Waals surface area contributed by atoms with Crippen LogP contribution in [0.3, 0.4) is 0 Å². The van der Waals surface area contributed by atoms with Crippen molar-refractivity contribution in [2.75, 3.05) is 6.54 Å². The maximum atomic E-state index is 12.4. The predicted octanol–water partition coefficient (Wildman–Crippen LogP) is 1.82. The van der Waals surface area contributed by atoms with Gasteiger partial charge in [-0.1, -0.05) is 15.9 Å². The fourth-order valence-corrected chi connectivity index (χ4v) is 2.63. The SMILES string of the molecule is CC1CNCc2nc3cc(Br)ccc3c(=O)n21. The second-order valence-corrected chi connectivity index (χ2v) is 5.26. The topological polar surface area (TPSA) is 46.9 Å². The zero-order chi connectivity index (χ0) is 12.0. The summed E-state index contributed by atoms with van der Waals surface area (Å²) in [5.41, 5.74) is 0.818. The first-order valence-corrected chi connectivity index (χ1v) is 6.37. The van der Waals surface area contributed by atoms with Gasteiger partial charge in [-0.05, 0) is 25.1 Å². The number of halogens is 1. The Morgan fingerprint density at radius 3 is 3.18 bits per heavy atom. The molecule has 1 unspecified atom stereocenters. The fourth-order valence-electron chi connectivity index (χ4n) is 2.28. The van der Waals surface area contributed by atoms with E-state index in [9.17, 15) is 4.79 Å². The normalized spacial score (nSPS) is 19.3. The van der Waals surface area contributed by atoms with Crippen molar-refractivity contribution in [1.82, 2.24) is 14.9 Å². The number of fused-ring (bicyclic) bond motifs is 2. The van der Waals surface area contributed by atoms with E-state index in [-0.39, 0.29) is 11.6 Å². The van der Waals surface area contributed by atoms with E-state index < -0.39 is 0 Å². The van der Waals surface area contributed by atoms with Crippen LogP contribution < -0.4 is 10.9 Å². The number of benzene rings is 1. The summed E-state index contributed by atoms with van der Waals surface area (Å²) in [6.45, 7) is 3.50. The van der Waals surface area contributed by atoms with Crippen LogP contribution in [0.1, 0.15) is 18.8 Å². The van der Waals surface area contributed by atoms with E-state index in [1.807, 2.05) is 25.1 Å². The van der Waals surface area contributed by atoms with Crippen molar-refractivity contribution in [3.05, 3.63) is 38.9 Å². The van der Waals surface area contributed by atoms with Gasteiger partial charge in [0.25, 0.3) is 5.56 Å². The second kappa shape index (κ2) is 3.92. The summed E-state index contributed by atoms with van der Waals surface area (Å²) in [6, 6.07) is 5.75. The van der Waals surface area contributed by atoms with Crippen molar-refractivity contribution in [2.45, 2.75) is 19.5 Å². The number of nitrogens with zero attached hydrogens (tertiary/aromatic N) is 2. The number of nitrogens with one attached hydrogen (secondary N) is 1. The molecule has 0 radical (unpaired) electrons. The second-order valence-electron chi connectivity index (χ2n) is 4.34. The van der Waals surface area contributed by atoms with Crippen LogP contribution in [0.5, 0.6) is 0 Å². The first-order chi connectivity index (χ1) is 8.16. The molecule has 0 spiro atoms. The highest BCUT2D eigenvalue weighted by Gasteiger charge is 2.19. The quantitative estimate of drug-likeness (QED) is 0.806. The van der Waals surface area contributed by atoms with Gasteiger partial charge in [0.2, 0.25) is 0 Å². The van der Waals surface area contributed by atoms with Crippen molar-refractivity contribution >= 4 is 26.8 Å². The number of aromatic nitrogens is 2. The molecule has 1 aliphatic rings. The molecule has 1 atom stereocenters. The summed E-state index contributed by atoms with van der Waals surface area (Å²) in [5, 5.41) is 3.95. The largest absolute Gasteiger partial charge is 0.308 e. The van der Waals surface area contributed by atoms with E-state index in [1.54, 1.807) is 4.57 Å². The molecule has 0 saturated heterocycles. The molecule has 1 aromatic carbocycles. The van der Waals surface area contributed by atoms with Crippen molar-refractivity contribution in [2.24, 2.45) is 0 Å². The summed E-state index contributed by atoms with van der Waals surface area (Å²) >= 11 is 3.40. The van der Waals surface area contributed by atoms with Crippen LogP contribution in [-0.2, 0) is 6.54 Å². The molecule has 17 heavy (non-hydrogen) atoms. The highest BCUT2D eigenvalue weighted by atomic mass is 79.9. The Morgan fingerprint density at radius 1 is 1.53 bits per heavy atom. The minimum Gasteiger partial charge on any atom is -0.308 e. The molecule has 0 saturated carbocycles. The van der Waals surface area contributed by atoms with Crippen LogP contribution in [0.4, 0.5) is 0 Å². The molecular weight excluding hydrogens is 282 g/mol. The Kier molecular flexibility index (Phi) is 2.52. The minimum absolute atomic E-state index is 0.0616. The van der Waals surface area contributed by atoms with E-state index in [4.69, 9.17) is 0 Å². The van der Waals surface area contributed by atoms with Crippen LogP contribution in [0.15, 0.2) is 27.5 Å². The number of rotatable bonds is 0. The summed E-state index contributed by atoms with van der Waals surface area (Å²) in [4.78, 5) is 16.9. The van der Waals surface area contributed by atoms with Crippen LogP contribution in [0, 0.1) is 0 Å². The lowest BCUT2D eigenvalue weighted by molar-refractivity contribution is 0.405. The van der Waals surface area contributed by atoms with Gasteiger partial charge >= 0.3 is 0 Å². The summed E-state index contributed by atoms with van der Waals surface area (Å²) < 4.78 is 2.74. The van der Waals surface area contributed by atoms with Gasteiger partial charge < -0.3 is 5.32 Å². The van der Waals surface area contributed by atoms with Crippen LogP contribution in [0.2, 0.25) is 0 Å². The maximum absolute atomic E-state index is 12.4. The molecule has 1 N–H and O–H groups in total. The molecule has 1 aromatic heterocycles. The molecule has 0 aliphatic carbocycles. The van der Waals surface area contributed by atoms with Gasteiger partial charge in [0.15, 0.2) is 0 Å². The fraction of sp³-hybridized carbons (Fsp3) is 0.333. The maximum Gasteiger partial charge on any atom is 0.261 e. The molecule has 88 valence electrons. The number of hydrogen-bond donors (Lipinski definition) is 1. The Hall–Kier alpha value is -1.20. The van der Waals surface area contributed by atoms with Crippen LogP contribution in [0.25, 0.3) is 10.9 Å². The van der Waals surface area contributed by atoms with Crippen molar-refractivity contribution < 1.29 is 0 Å². The van der Waals surface area contributed by atoms with Crippen molar-refractivity contribution in [3.63, 3.8) is 0 Å². The lowest BCUT2D eigenvalue weighted by Gasteiger charge is -2.25. The molecule has 0 amide bonds. The Bertz CT molecular complexity index is 650. The Morgan fingerprint density at radius 2 is 2.35 bits per heavy atom.